The van der Waals surface area contributed by atoms with Gasteiger partial charge in [0.2, 0.25) is 12.1 Å². The standard InChI is InChI=1S/C6H11NO5/c1-3-12-5(8)6(2,9)4-7(10)11/h9H,3-4H2,1-2H3. The summed E-state index contributed by atoms with van der Waals surface area (Å²) < 4.78 is 4.41. The molecule has 0 fully saturated rings. The molecule has 0 aromatic rings. The molecule has 0 saturated carbocycles. The average molecular weight is 177 g/mol. The molecule has 0 amide bonds. The molecule has 6 heteroatoms. The average Bonchev–Trinajstić information content (AvgIpc) is 1.85. The van der Waals surface area contributed by atoms with Crippen molar-refractivity contribution in [1.29, 1.82) is 0 Å². The highest BCUT2D eigenvalue weighted by molar-refractivity contribution is 5.78. The Kier molecular flexibility index (Phi) is 3.62. The molecule has 70 valence electrons. The number of rotatable bonds is 4. The smallest absolute Gasteiger partial charge is 0.344 e. The van der Waals surface area contributed by atoms with Gasteiger partial charge < -0.3 is 9.84 Å². The summed E-state index contributed by atoms with van der Waals surface area (Å²) in [5.41, 5.74) is -2.03. The van der Waals surface area contributed by atoms with Crippen molar-refractivity contribution in [1.82, 2.24) is 0 Å². The summed E-state index contributed by atoms with van der Waals surface area (Å²) >= 11 is 0. The predicted molar refractivity (Wildman–Crippen MR) is 39.1 cm³/mol. The van der Waals surface area contributed by atoms with Gasteiger partial charge in [0.15, 0.2) is 0 Å². The van der Waals surface area contributed by atoms with Crippen LogP contribution in [0, 0.1) is 10.1 Å². The maximum Gasteiger partial charge on any atom is 0.344 e. The van der Waals surface area contributed by atoms with E-state index in [1.807, 2.05) is 0 Å². The number of esters is 1. The van der Waals surface area contributed by atoms with E-state index in [0.29, 0.717) is 0 Å². The van der Waals surface area contributed by atoms with Crippen molar-refractivity contribution in [3.05, 3.63) is 10.1 Å². The summed E-state index contributed by atoms with van der Waals surface area (Å²) in [5.74, 6) is -0.971. The largest absolute Gasteiger partial charge is 0.464 e. The Bertz CT molecular complexity index is 188. The third kappa shape index (κ3) is 3.29. The van der Waals surface area contributed by atoms with Crippen molar-refractivity contribution in [2.24, 2.45) is 0 Å². The van der Waals surface area contributed by atoms with Crippen molar-refractivity contribution in [3.63, 3.8) is 0 Å². The lowest BCUT2D eigenvalue weighted by Gasteiger charge is -2.15. The summed E-state index contributed by atoms with van der Waals surface area (Å²) in [6.07, 6.45) is 0. The molecule has 1 atom stereocenters. The number of nitro groups is 1. The fourth-order valence-corrected chi connectivity index (χ4v) is 0.603. The Balaban J connectivity index is 4.18. The second-order valence-corrected chi connectivity index (χ2v) is 2.49. The zero-order chi connectivity index (χ0) is 9.78. The summed E-state index contributed by atoms with van der Waals surface area (Å²) in [6.45, 7) is 1.85. The van der Waals surface area contributed by atoms with Gasteiger partial charge >= 0.3 is 5.97 Å². The third-order valence-corrected chi connectivity index (χ3v) is 1.15. The molecule has 0 aromatic heterocycles. The van der Waals surface area contributed by atoms with Crippen LogP contribution in [0.1, 0.15) is 13.8 Å². The zero-order valence-corrected chi connectivity index (χ0v) is 6.94. The Morgan fingerprint density at radius 3 is 2.58 bits per heavy atom. The van der Waals surface area contributed by atoms with Crippen LogP contribution in [-0.4, -0.2) is 34.8 Å². The maximum absolute atomic E-state index is 10.8. The number of aliphatic hydroxyl groups is 1. The minimum Gasteiger partial charge on any atom is -0.464 e. The van der Waals surface area contributed by atoms with Gasteiger partial charge in [-0.05, 0) is 13.8 Å². The molecule has 1 unspecified atom stereocenters. The number of ether oxygens (including phenoxy) is 1. The van der Waals surface area contributed by atoms with E-state index in [0.717, 1.165) is 6.92 Å². The van der Waals surface area contributed by atoms with E-state index in [2.05, 4.69) is 4.74 Å². The third-order valence-electron chi connectivity index (χ3n) is 1.15. The van der Waals surface area contributed by atoms with Crippen LogP contribution in [0.2, 0.25) is 0 Å². The second kappa shape index (κ2) is 4.01. The Labute approximate surface area is 69.3 Å². The summed E-state index contributed by atoms with van der Waals surface area (Å²) in [4.78, 5) is 20.0. The van der Waals surface area contributed by atoms with Crippen molar-refractivity contribution >= 4 is 5.97 Å². The van der Waals surface area contributed by atoms with Crippen LogP contribution in [0.5, 0.6) is 0 Å². The molecule has 6 nitrogen and oxygen atoms in total. The van der Waals surface area contributed by atoms with Crippen molar-refractivity contribution in [2.75, 3.05) is 13.2 Å². The van der Waals surface area contributed by atoms with Crippen molar-refractivity contribution in [3.8, 4) is 0 Å². The Hall–Kier alpha value is -1.17. The number of hydrogen-bond donors (Lipinski definition) is 1. The van der Waals surface area contributed by atoms with Gasteiger partial charge in [-0.1, -0.05) is 0 Å². The molecule has 0 spiro atoms. The lowest BCUT2D eigenvalue weighted by Crippen LogP contribution is -2.43. The van der Waals surface area contributed by atoms with Crippen LogP contribution < -0.4 is 0 Å². The zero-order valence-electron chi connectivity index (χ0n) is 6.94. The van der Waals surface area contributed by atoms with E-state index in [1.165, 1.54) is 0 Å². The Morgan fingerprint density at radius 1 is 1.75 bits per heavy atom. The van der Waals surface area contributed by atoms with Crippen LogP contribution >= 0.6 is 0 Å². The van der Waals surface area contributed by atoms with E-state index in [9.17, 15) is 14.9 Å². The highest BCUT2D eigenvalue weighted by Gasteiger charge is 2.37. The number of carbonyl (C=O) groups is 1. The van der Waals surface area contributed by atoms with Gasteiger partial charge in [0.1, 0.15) is 0 Å². The molecule has 1 N–H and O–H groups in total. The molecule has 0 radical (unpaired) electrons. The number of carbonyl (C=O) groups excluding carboxylic acids is 1. The molecule has 0 aromatic carbocycles. The fraction of sp³-hybridized carbons (Fsp3) is 0.833. The lowest BCUT2D eigenvalue weighted by atomic mass is 10.1. The first kappa shape index (κ1) is 10.8. The van der Waals surface area contributed by atoms with Gasteiger partial charge in [0.25, 0.3) is 0 Å². The summed E-state index contributed by atoms with van der Waals surface area (Å²) in [6, 6.07) is 0. The quantitative estimate of drug-likeness (QED) is 0.357. The molecular formula is C6H11NO5. The van der Waals surface area contributed by atoms with E-state index >= 15 is 0 Å². The van der Waals surface area contributed by atoms with Crippen LogP contribution in [0.15, 0.2) is 0 Å². The predicted octanol–water partition coefficient (Wildman–Crippen LogP) is -0.423. The first-order chi connectivity index (χ1) is 5.40. The summed E-state index contributed by atoms with van der Waals surface area (Å²) in [5, 5.41) is 19.1. The van der Waals surface area contributed by atoms with E-state index in [-0.39, 0.29) is 6.61 Å². The molecule has 0 heterocycles. The van der Waals surface area contributed by atoms with Crippen molar-refractivity contribution < 1.29 is 19.6 Å². The molecule has 0 aliphatic carbocycles. The summed E-state index contributed by atoms with van der Waals surface area (Å²) in [7, 11) is 0. The van der Waals surface area contributed by atoms with Gasteiger partial charge in [-0.15, -0.1) is 0 Å². The SMILES string of the molecule is CCOC(=O)C(C)(O)C[N+](=O)[O-]. The molecule has 0 aliphatic heterocycles. The highest BCUT2D eigenvalue weighted by atomic mass is 16.6. The first-order valence-corrected chi connectivity index (χ1v) is 3.41. The molecule has 0 saturated heterocycles. The van der Waals surface area contributed by atoms with E-state index in [1.54, 1.807) is 6.92 Å². The van der Waals surface area contributed by atoms with Gasteiger partial charge in [-0.3, -0.25) is 10.1 Å². The fourth-order valence-electron chi connectivity index (χ4n) is 0.603. The van der Waals surface area contributed by atoms with Crippen molar-refractivity contribution in [2.45, 2.75) is 19.4 Å². The second-order valence-electron chi connectivity index (χ2n) is 2.49. The van der Waals surface area contributed by atoms with Crippen LogP contribution in [0.25, 0.3) is 0 Å². The van der Waals surface area contributed by atoms with E-state index < -0.39 is 23.0 Å². The normalized spacial score (nSPS) is 14.9. The van der Waals surface area contributed by atoms with Gasteiger partial charge in [-0.25, -0.2) is 4.79 Å². The number of hydrogen-bond acceptors (Lipinski definition) is 5. The van der Waals surface area contributed by atoms with Crippen LogP contribution in [0.3, 0.4) is 0 Å². The molecule has 12 heavy (non-hydrogen) atoms. The minimum absolute atomic E-state index is 0.0900. The van der Waals surface area contributed by atoms with Crippen LogP contribution in [0.4, 0.5) is 0 Å². The minimum atomic E-state index is -2.03. The molecule has 0 bridgehead atoms. The monoisotopic (exact) mass is 177 g/mol. The Morgan fingerprint density at radius 2 is 2.25 bits per heavy atom. The first-order valence-electron chi connectivity index (χ1n) is 3.41. The molecular weight excluding hydrogens is 166 g/mol. The van der Waals surface area contributed by atoms with Gasteiger partial charge in [0.05, 0.1) is 6.61 Å². The molecule has 0 rings (SSSR count). The molecule has 0 aliphatic rings. The lowest BCUT2D eigenvalue weighted by molar-refractivity contribution is -0.496. The topological polar surface area (TPSA) is 89.7 Å². The van der Waals surface area contributed by atoms with Gasteiger partial charge in [0, 0.05) is 4.92 Å². The highest BCUT2D eigenvalue weighted by Crippen LogP contribution is 2.05. The van der Waals surface area contributed by atoms with Gasteiger partial charge in [-0.2, -0.15) is 0 Å². The maximum atomic E-state index is 10.8. The number of nitrogens with zero attached hydrogens (tertiary/aromatic N) is 1. The van der Waals surface area contributed by atoms with E-state index in [4.69, 9.17) is 5.11 Å². The van der Waals surface area contributed by atoms with Crippen LogP contribution in [-0.2, 0) is 9.53 Å².